The van der Waals surface area contributed by atoms with Gasteiger partial charge in [0, 0.05) is 38.6 Å². The number of aliphatic hydroxyl groups is 7. The Balaban J connectivity index is 1.44. The summed E-state index contributed by atoms with van der Waals surface area (Å²) in [4.78, 5) is 24.3. The lowest BCUT2D eigenvalue weighted by molar-refractivity contribution is -0.301. The maximum atomic E-state index is 12.2. The van der Waals surface area contributed by atoms with Crippen LogP contribution in [0, 0.1) is 0 Å². The van der Waals surface area contributed by atoms with Gasteiger partial charge in [-0.1, -0.05) is 0 Å². The fourth-order valence-corrected chi connectivity index (χ4v) is 4.91. The first-order chi connectivity index (χ1) is 21.0. The van der Waals surface area contributed by atoms with Gasteiger partial charge in [0.05, 0.1) is 13.2 Å². The topological polar surface area (TPSA) is 260 Å². The summed E-state index contributed by atoms with van der Waals surface area (Å²) in [6.45, 7) is 1.76. The average molecular weight is 642 g/mol. The van der Waals surface area contributed by atoms with Crippen molar-refractivity contribution < 1.29 is 69.4 Å². The second kappa shape index (κ2) is 20.6. The van der Waals surface area contributed by atoms with Crippen LogP contribution in [0.15, 0.2) is 0 Å². The minimum atomic E-state index is -1.49. The van der Waals surface area contributed by atoms with E-state index in [4.69, 9.17) is 24.1 Å². The minimum absolute atomic E-state index is 0.0280. The van der Waals surface area contributed by atoms with E-state index in [1.54, 1.807) is 0 Å². The normalized spacial score (nSPS) is 33.1. The predicted octanol–water partition coefficient (Wildman–Crippen LogP) is -3.52. The molecule has 2 aliphatic heterocycles. The summed E-state index contributed by atoms with van der Waals surface area (Å²) in [7, 11) is 0. The molecule has 2 amide bonds. The van der Waals surface area contributed by atoms with Crippen molar-refractivity contribution in [3.8, 4) is 0 Å². The van der Waals surface area contributed by atoms with Crippen LogP contribution < -0.4 is 10.6 Å². The van der Waals surface area contributed by atoms with Gasteiger partial charge < -0.3 is 70.4 Å². The van der Waals surface area contributed by atoms with Crippen molar-refractivity contribution in [2.24, 2.45) is 0 Å². The Kier molecular flexibility index (Phi) is 18.1. The molecule has 0 bridgehead atoms. The van der Waals surface area contributed by atoms with Crippen LogP contribution >= 0.6 is 0 Å². The molecule has 2 heterocycles. The van der Waals surface area contributed by atoms with E-state index in [1.165, 1.54) is 0 Å². The smallest absolute Gasteiger partial charge is 0.220 e. The van der Waals surface area contributed by atoms with Crippen LogP contribution in [0.1, 0.15) is 64.7 Å². The number of carbonyl (C=O) groups is 2. The van der Waals surface area contributed by atoms with Crippen molar-refractivity contribution in [3.05, 3.63) is 0 Å². The van der Waals surface area contributed by atoms with Crippen LogP contribution in [0.5, 0.6) is 0 Å². The fraction of sp³-hybridized carbons (Fsp3) is 0.929. The Morgan fingerprint density at radius 1 is 0.727 bits per heavy atom. The molecule has 0 aromatic carbocycles. The molecule has 0 aliphatic carbocycles. The molecule has 44 heavy (non-hydrogen) atoms. The molecule has 0 aromatic rings. The van der Waals surface area contributed by atoms with E-state index in [-0.39, 0.29) is 31.1 Å². The van der Waals surface area contributed by atoms with E-state index in [1.807, 2.05) is 6.92 Å². The van der Waals surface area contributed by atoms with Gasteiger partial charge in [-0.2, -0.15) is 0 Å². The SMILES string of the molecule is C[C@@H](CCCCNC(=O)CCCCOC1OC(CO)C(O)C(O)C1O)NC(=O)CCCCOC1OC(CO)C(O)C([OH2+])C1O. The maximum absolute atomic E-state index is 12.2. The van der Waals surface area contributed by atoms with Crippen LogP contribution in [-0.4, -0.2) is 153 Å². The molecular formula is C28H53N2O14+. The Morgan fingerprint density at radius 2 is 1.27 bits per heavy atom. The highest BCUT2D eigenvalue weighted by molar-refractivity contribution is 5.76. The lowest BCUT2D eigenvalue weighted by atomic mass is 9.99. The molecule has 11 N–H and O–H groups in total. The highest BCUT2D eigenvalue weighted by Gasteiger charge is 2.47. The van der Waals surface area contributed by atoms with E-state index >= 15 is 0 Å². The van der Waals surface area contributed by atoms with E-state index in [0.29, 0.717) is 45.1 Å². The summed E-state index contributed by atoms with van der Waals surface area (Å²) < 4.78 is 21.4. The summed E-state index contributed by atoms with van der Waals surface area (Å²) in [5.74, 6) is -0.192. The monoisotopic (exact) mass is 641 g/mol. The zero-order valence-electron chi connectivity index (χ0n) is 25.3. The van der Waals surface area contributed by atoms with Crippen LogP contribution in [0.3, 0.4) is 0 Å². The second-order valence-corrected chi connectivity index (χ2v) is 11.4. The summed E-state index contributed by atoms with van der Waals surface area (Å²) >= 11 is 0. The first-order valence-corrected chi connectivity index (χ1v) is 15.4. The summed E-state index contributed by atoms with van der Waals surface area (Å²) in [6.07, 6.45) is -7.58. The number of carbonyl (C=O) groups excluding carboxylic acids is 2. The molecule has 10 unspecified atom stereocenters. The molecular weight excluding hydrogens is 588 g/mol. The lowest BCUT2D eigenvalue weighted by Gasteiger charge is -2.39. The van der Waals surface area contributed by atoms with Gasteiger partial charge in [0.2, 0.25) is 17.9 Å². The highest BCUT2D eigenvalue weighted by Crippen LogP contribution is 2.23. The number of aliphatic hydroxyl groups excluding tert-OH is 7. The van der Waals surface area contributed by atoms with Gasteiger partial charge in [0.25, 0.3) is 0 Å². The summed E-state index contributed by atoms with van der Waals surface area (Å²) in [5, 5.41) is 81.3. The van der Waals surface area contributed by atoms with E-state index in [0.717, 1.165) is 19.3 Å². The van der Waals surface area contributed by atoms with Crippen LogP contribution in [0.25, 0.3) is 0 Å². The third-order valence-electron chi connectivity index (χ3n) is 7.69. The van der Waals surface area contributed by atoms with Crippen molar-refractivity contribution in [3.63, 3.8) is 0 Å². The molecule has 0 saturated carbocycles. The molecule has 0 spiro atoms. The molecule has 258 valence electrons. The Labute approximate surface area is 257 Å². The number of ether oxygens (including phenoxy) is 4. The molecule has 0 radical (unpaired) electrons. The molecule has 2 aliphatic rings. The second-order valence-electron chi connectivity index (χ2n) is 11.4. The molecule has 0 aromatic heterocycles. The standard InChI is InChI=1S/C28H52N2O14/c1-16(30-20(34)10-4-7-13-42-28-26(40)24(38)22(36)18(15-32)44-28)8-2-5-11-29-19(33)9-3-6-12-41-27-25(39)23(37)21(35)17(14-31)43-27/h16-18,21-28,31-32,35-40H,2-15H2,1H3,(H,29,33)(H,30,34)/p+1/t16-,17?,18?,21?,22?,23?,24?,25?,26?,27?,28?/m0/s1. The van der Waals surface area contributed by atoms with Crippen LogP contribution in [0.4, 0.5) is 0 Å². The highest BCUT2D eigenvalue weighted by atomic mass is 16.7. The number of nitrogens with one attached hydrogen (secondary N) is 2. The van der Waals surface area contributed by atoms with Gasteiger partial charge in [0.15, 0.2) is 24.8 Å². The van der Waals surface area contributed by atoms with Gasteiger partial charge >= 0.3 is 0 Å². The number of hydrogen-bond donors (Lipinski definition) is 9. The van der Waals surface area contributed by atoms with Crippen LogP contribution in [0.2, 0.25) is 0 Å². The zero-order chi connectivity index (χ0) is 32.6. The first kappa shape index (κ1) is 38.6. The van der Waals surface area contributed by atoms with Gasteiger partial charge in [-0.3, -0.25) is 9.59 Å². The van der Waals surface area contributed by atoms with Gasteiger partial charge in [-0.05, 0) is 51.9 Å². The third kappa shape index (κ3) is 12.7. The largest absolute Gasteiger partial charge is 0.439 e. The fourth-order valence-electron chi connectivity index (χ4n) is 4.91. The lowest BCUT2D eigenvalue weighted by Crippen LogP contribution is -2.59. The zero-order valence-corrected chi connectivity index (χ0v) is 25.3. The maximum Gasteiger partial charge on any atom is 0.220 e. The van der Waals surface area contributed by atoms with E-state index in [2.05, 4.69) is 10.6 Å². The average Bonchev–Trinajstić information content (AvgIpc) is 3.00. The van der Waals surface area contributed by atoms with E-state index in [9.17, 15) is 45.3 Å². The molecule has 2 fully saturated rings. The number of amides is 2. The van der Waals surface area contributed by atoms with E-state index < -0.39 is 74.6 Å². The Morgan fingerprint density at radius 3 is 1.86 bits per heavy atom. The number of hydrogen-bond acceptors (Lipinski definition) is 13. The van der Waals surface area contributed by atoms with Gasteiger partial charge in [-0.25, -0.2) is 0 Å². The molecule has 2 rings (SSSR count). The van der Waals surface area contributed by atoms with Crippen molar-refractivity contribution >= 4 is 11.8 Å². The van der Waals surface area contributed by atoms with Crippen molar-refractivity contribution in [1.29, 1.82) is 0 Å². The van der Waals surface area contributed by atoms with Crippen molar-refractivity contribution in [2.45, 2.75) is 132 Å². The van der Waals surface area contributed by atoms with Gasteiger partial charge in [0.1, 0.15) is 30.5 Å². The predicted molar refractivity (Wildman–Crippen MR) is 153 cm³/mol. The number of rotatable bonds is 20. The Hall–Kier alpha value is -1.54. The van der Waals surface area contributed by atoms with Crippen molar-refractivity contribution in [2.75, 3.05) is 33.0 Å². The molecule has 16 heteroatoms. The number of unbranched alkanes of at least 4 members (excludes halogenated alkanes) is 3. The summed E-state index contributed by atoms with van der Waals surface area (Å²) in [5.41, 5.74) is 0. The molecule has 16 nitrogen and oxygen atoms in total. The first-order valence-electron chi connectivity index (χ1n) is 15.4. The quantitative estimate of drug-likeness (QED) is 0.0462. The molecule has 2 saturated heterocycles. The van der Waals surface area contributed by atoms with Crippen molar-refractivity contribution in [1.82, 2.24) is 10.6 Å². The van der Waals surface area contributed by atoms with Crippen LogP contribution in [-0.2, 0) is 28.5 Å². The van der Waals surface area contributed by atoms with Gasteiger partial charge in [-0.15, -0.1) is 0 Å². The molecule has 11 atom stereocenters. The Bertz CT molecular complexity index is 821. The minimum Gasteiger partial charge on any atom is -0.439 e. The third-order valence-corrected chi connectivity index (χ3v) is 7.69. The summed E-state index contributed by atoms with van der Waals surface area (Å²) in [6, 6.07) is -0.0280.